The van der Waals surface area contributed by atoms with E-state index in [1.54, 1.807) is 0 Å². The van der Waals surface area contributed by atoms with Crippen molar-refractivity contribution in [3.8, 4) is 0 Å². The van der Waals surface area contributed by atoms with E-state index in [2.05, 4.69) is 80.3 Å². The second-order valence-electron chi connectivity index (χ2n) is 4.68. The summed E-state index contributed by atoms with van der Waals surface area (Å²) < 4.78 is 0. The van der Waals surface area contributed by atoms with Gasteiger partial charge in [0.1, 0.15) is 0 Å². The summed E-state index contributed by atoms with van der Waals surface area (Å²) in [5, 5.41) is 0. The predicted octanol–water partition coefficient (Wildman–Crippen LogP) is 2.82. The Morgan fingerprint density at radius 1 is 0.929 bits per heavy atom. The van der Waals surface area contributed by atoms with E-state index < -0.39 is 0 Å². The molecule has 0 aromatic carbocycles. The predicted molar refractivity (Wildman–Crippen MR) is 68.7 cm³/mol. The van der Waals surface area contributed by atoms with E-state index in [1.165, 1.54) is 10.9 Å². The van der Waals surface area contributed by atoms with Crippen molar-refractivity contribution >= 4 is 28.5 Å². The van der Waals surface area contributed by atoms with E-state index in [4.69, 9.17) is 0 Å². The van der Waals surface area contributed by atoms with Crippen molar-refractivity contribution in [1.82, 2.24) is 9.80 Å². The zero-order chi connectivity index (χ0) is 11.8. The van der Waals surface area contributed by atoms with Gasteiger partial charge in [-0.3, -0.25) is 0 Å². The molecule has 0 aliphatic rings. The first-order valence-corrected chi connectivity index (χ1v) is 9.25. The fraction of sp³-hybridized carbons (Fsp3) is 1.00. The van der Waals surface area contributed by atoms with Gasteiger partial charge < -0.3 is 9.80 Å². The standard InChI is InChI=1S/C9H22N2.2BrH.Ni/c1-9(2,7-10(3)4)8-11(5)6;;;/h7-8H2,1-6H3;2*1H;/q;;;+4/p-2. The van der Waals surface area contributed by atoms with Gasteiger partial charge in [-0.25, -0.2) is 0 Å². The zero-order valence-corrected chi connectivity index (χ0v) is 14.0. The average Bonchev–Trinajstić information content (AvgIpc) is 1.80. The molecule has 0 rings (SSSR count). The van der Waals surface area contributed by atoms with Gasteiger partial charge in [0.2, 0.25) is 0 Å². The summed E-state index contributed by atoms with van der Waals surface area (Å²) in [6.07, 6.45) is 0. The Labute approximate surface area is 109 Å². The molecule has 0 aromatic heterocycles. The van der Waals surface area contributed by atoms with Crippen molar-refractivity contribution in [1.29, 1.82) is 0 Å². The molecule has 0 heterocycles. The Bertz CT molecular complexity index is 118. The fourth-order valence-electron chi connectivity index (χ4n) is 1.76. The van der Waals surface area contributed by atoms with Crippen LogP contribution >= 0.6 is 28.5 Å². The topological polar surface area (TPSA) is 6.48 Å². The van der Waals surface area contributed by atoms with E-state index in [9.17, 15) is 0 Å². The van der Waals surface area contributed by atoms with Gasteiger partial charge in [-0.15, -0.1) is 0 Å². The molecular formula is C9H22Br2N2Ni+2. The van der Waals surface area contributed by atoms with E-state index in [0.29, 0.717) is 5.41 Å². The van der Waals surface area contributed by atoms with E-state index in [0.717, 1.165) is 13.1 Å². The second kappa shape index (κ2) is 9.59. The normalized spacial score (nSPS) is 11.9. The van der Waals surface area contributed by atoms with Crippen LogP contribution in [0.5, 0.6) is 0 Å². The van der Waals surface area contributed by atoms with Crippen LogP contribution in [-0.2, 0) is 10.9 Å². The maximum absolute atomic E-state index is 3.00. The van der Waals surface area contributed by atoms with Crippen LogP contribution in [0.15, 0.2) is 0 Å². The number of nitrogens with zero attached hydrogens (tertiary/aromatic N) is 2. The number of rotatable bonds is 4. The van der Waals surface area contributed by atoms with Crippen LogP contribution in [0.2, 0.25) is 0 Å². The quantitative estimate of drug-likeness (QED) is 0.696. The summed E-state index contributed by atoms with van der Waals surface area (Å²) in [5.74, 6) is 0. The van der Waals surface area contributed by atoms with E-state index in [1.807, 2.05) is 0 Å². The molecule has 0 saturated heterocycles. The molecule has 0 saturated carbocycles. The van der Waals surface area contributed by atoms with Gasteiger partial charge in [0.05, 0.1) is 0 Å². The van der Waals surface area contributed by atoms with E-state index >= 15 is 0 Å². The molecule has 0 radical (unpaired) electrons. The summed E-state index contributed by atoms with van der Waals surface area (Å²) in [4.78, 5) is 4.48. The van der Waals surface area contributed by atoms with Crippen LogP contribution in [-0.4, -0.2) is 51.1 Å². The van der Waals surface area contributed by atoms with Crippen molar-refractivity contribution in [3.63, 3.8) is 0 Å². The SMILES string of the molecule is CN(C)CC(C)(C)CN(C)C.[Br][Ni+2][Br]. The van der Waals surface area contributed by atoms with Gasteiger partial charge >= 0.3 is 39.3 Å². The van der Waals surface area contributed by atoms with Gasteiger partial charge in [-0.05, 0) is 33.6 Å². The number of halogens is 2. The third-order valence-electron chi connectivity index (χ3n) is 1.49. The minimum absolute atomic E-state index is 0.396. The number of hydrogen-bond donors (Lipinski definition) is 0. The van der Waals surface area contributed by atoms with Crippen molar-refractivity contribution in [2.75, 3.05) is 41.3 Å². The summed E-state index contributed by atoms with van der Waals surface area (Å²) in [6.45, 7) is 6.89. The third-order valence-corrected chi connectivity index (χ3v) is 1.49. The van der Waals surface area contributed by atoms with Gasteiger partial charge in [0, 0.05) is 13.1 Å². The molecule has 0 bridgehead atoms. The van der Waals surface area contributed by atoms with Crippen LogP contribution in [0.1, 0.15) is 13.8 Å². The van der Waals surface area contributed by atoms with Gasteiger partial charge in [-0.2, -0.15) is 0 Å². The molecule has 0 amide bonds. The molecule has 90 valence electrons. The Morgan fingerprint density at radius 2 is 1.14 bits per heavy atom. The van der Waals surface area contributed by atoms with Gasteiger partial charge in [0.25, 0.3) is 0 Å². The zero-order valence-electron chi connectivity index (χ0n) is 9.88. The Kier molecular flexibility index (Phi) is 12.2. The summed E-state index contributed by atoms with van der Waals surface area (Å²) in [6, 6.07) is 0. The molecule has 0 N–H and O–H groups in total. The average molecular weight is 377 g/mol. The van der Waals surface area contributed by atoms with Crippen LogP contribution in [0.3, 0.4) is 0 Å². The van der Waals surface area contributed by atoms with Crippen molar-refractivity contribution in [2.45, 2.75) is 13.8 Å². The summed E-state index contributed by atoms with van der Waals surface area (Å²) in [5.41, 5.74) is 0.396. The molecule has 0 aromatic rings. The maximum atomic E-state index is 3.00. The monoisotopic (exact) mass is 374 g/mol. The first kappa shape index (κ1) is 17.8. The van der Waals surface area contributed by atoms with E-state index in [-0.39, 0.29) is 0 Å². The summed E-state index contributed by atoms with van der Waals surface area (Å²) >= 11 is 6.00. The molecule has 5 heteroatoms. The summed E-state index contributed by atoms with van der Waals surface area (Å²) in [7, 11) is 9.74. The van der Waals surface area contributed by atoms with Crippen LogP contribution < -0.4 is 0 Å². The van der Waals surface area contributed by atoms with Crippen molar-refractivity contribution in [3.05, 3.63) is 0 Å². The molecule has 0 aliphatic carbocycles. The number of hydrogen-bond acceptors (Lipinski definition) is 2. The molecule has 0 unspecified atom stereocenters. The van der Waals surface area contributed by atoms with Gasteiger partial charge in [0.15, 0.2) is 0 Å². The Hall–Kier alpha value is 1.37. The third kappa shape index (κ3) is 15.8. The molecule has 2 nitrogen and oxygen atoms in total. The van der Waals surface area contributed by atoms with Crippen molar-refractivity contribution < 1.29 is 10.9 Å². The first-order valence-electron chi connectivity index (χ1n) is 4.37. The van der Waals surface area contributed by atoms with Crippen molar-refractivity contribution in [2.24, 2.45) is 5.41 Å². The molecule has 0 fully saturated rings. The molecule has 0 atom stereocenters. The Balaban J connectivity index is 0. The molecule has 0 aliphatic heterocycles. The van der Waals surface area contributed by atoms with Crippen LogP contribution in [0.4, 0.5) is 0 Å². The molecule has 14 heavy (non-hydrogen) atoms. The molecular weight excluding hydrogens is 355 g/mol. The minimum atomic E-state index is 0.396. The second-order valence-corrected chi connectivity index (χ2v) is 9.67. The fourth-order valence-corrected chi connectivity index (χ4v) is 1.76. The van der Waals surface area contributed by atoms with Crippen LogP contribution in [0.25, 0.3) is 0 Å². The van der Waals surface area contributed by atoms with Gasteiger partial charge in [-0.1, -0.05) is 13.8 Å². The Morgan fingerprint density at radius 3 is 1.29 bits per heavy atom. The first-order chi connectivity index (χ1) is 6.25. The van der Waals surface area contributed by atoms with Crippen LogP contribution in [0, 0.1) is 5.41 Å². The molecule has 0 spiro atoms.